The number of guanidine groups is 2. The van der Waals surface area contributed by atoms with E-state index in [0.717, 1.165) is 19.4 Å². The predicted molar refractivity (Wildman–Crippen MR) is 278 cm³/mol. The number of aliphatic hydroxyl groups excluding tert-OH is 4. The van der Waals surface area contributed by atoms with E-state index in [1.165, 1.54) is 11.0 Å². The number of esters is 1. The van der Waals surface area contributed by atoms with Gasteiger partial charge in [-0.15, -0.1) is 0 Å². The third kappa shape index (κ3) is 27.8. The van der Waals surface area contributed by atoms with Gasteiger partial charge in [-0.1, -0.05) is 13.8 Å². The summed E-state index contributed by atoms with van der Waals surface area (Å²) in [5.74, 6) is -7.44. The fraction of sp³-hybridized carbons (Fsp3) is 0.750. The van der Waals surface area contributed by atoms with Gasteiger partial charge in [-0.2, -0.15) is 0 Å². The number of hydrogen-bond donors (Lipinski definition) is 12. The van der Waals surface area contributed by atoms with Gasteiger partial charge in [0, 0.05) is 52.1 Å². The number of rotatable bonds is 43. The molecule has 16 N–H and O–H groups in total. The highest BCUT2D eigenvalue weighted by molar-refractivity contribution is 5.86. The number of ether oxygens (including phenoxy) is 11. The molecule has 0 radical (unpaired) electrons. The van der Waals surface area contributed by atoms with E-state index in [-0.39, 0.29) is 110 Å². The molecule has 2 aliphatic rings. The molecule has 0 unspecified atom stereocenters. The van der Waals surface area contributed by atoms with Gasteiger partial charge in [0.2, 0.25) is 23.3 Å². The van der Waals surface area contributed by atoms with Crippen molar-refractivity contribution in [3.05, 3.63) is 23.7 Å². The third-order valence-corrected chi connectivity index (χ3v) is 11.5. The lowest BCUT2D eigenvalue weighted by Gasteiger charge is -2.39. The SMILES string of the molecule is CCCOCCOCCOCCOCCC(=O)N(CCOCCNC(=O)O[C@@H]([C@@H]1OC(C(=O)O)=C[C@H](N=C(N)N)[C@H]1NC(C)=O)[C@H](O)CO)CCOCCOCCCC(=O)O[C@@H]([C@@H]1OC(C(=O)O)=C[C@H](N=C(N)N)[C@H]1C)[C@H](O)CO. The topological polar surface area (TPSA) is 481 Å². The zero-order chi connectivity index (χ0) is 59.4. The second-order valence-corrected chi connectivity index (χ2v) is 17.8. The summed E-state index contributed by atoms with van der Waals surface area (Å²) in [6, 6.07) is -3.43. The Morgan fingerprint density at radius 3 is 1.61 bits per heavy atom. The van der Waals surface area contributed by atoms with Crippen molar-refractivity contribution in [3.8, 4) is 0 Å². The van der Waals surface area contributed by atoms with Gasteiger partial charge in [0.05, 0.1) is 117 Å². The van der Waals surface area contributed by atoms with Crippen LogP contribution in [-0.2, 0) is 76.1 Å². The molecule has 0 spiro atoms. The minimum Gasteiger partial charge on any atom is -0.479 e. The maximum absolute atomic E-state index is 13.3. The largest absolute Gasteiger partial charge is 0.479 e. The van der Waals surface area contributed by atoms with E-state index in [0.29, 0.717) is 33.0 Å². The van der Waals surface area contributed by atoms with E-state index >= 15 is 0 Å². The number of alkyl carbamates (subject to hydrolysis) is 1. The van der Waals surface area contributed by atoms with Gasteiger partial charge in [-0.3, -0.25) is 14.4 Å². The van der Waals surface area contributed by atoms with E-state index < -0.39 is 121 Å². The van der Waals surface area contributed by atoms with Crippen molar-refractivity contribution in [2.24, 2.45) is 38.8 Å². The van der Waals surface area contributed by atoms with Crippen molar-refractivity contribution >= 4 is 47.7 Å². The molecular weight excluding hydrogens is 1070 g/mol. The first-order valence-corrected chi connectivity index (χ1v) is 26.0. The van der Waals surface area contributed by atoms with E-state index in [2.05, 4.69) is 20.6 Å². The van der Waals surface area contributed by atoms with Crippen molar-refractivity contribution < 1.29 is 112 Å². The number of aliphatic carboxylic acids is 2. The number of carbonyl (C=O) groups is 6. The third-order valence-electron chi connectivity index (χ3n) is 11.5. The first-order valence-electron chi connectivity index (χ1n) is 26.0. The molecule has 458 valence electrons. The number of hydrogen-bond acceptors (Lipinski definition) is 23. The number of nitrogens with one attached hydrogen (secondary N) is 2. The zero-order valence-electron chi connectivity index (χ0n) is 45.5. The number of aliphatic imine (C=N–C) groups is 2. The molecule has 10 atom stereocenters. The van der Waals surface area contributed by atoms with Crippen LogP contribution in [0.5, 0.6) is 0 Å². The summed E-state index contributed by atoms with van der Waals surface area (Å²) < 4.78 is 60.8. The van der Waals surface area contributed by atoms with Crippen LogP contribution < -0.4 is 33.6 Å². The Labute approximate surface area is 462 Å². The number of amides is 3. The molecule has 0 aromatic heterocycles. The molecule has 0 aromatic carbocycles. The Bertz CT molecular complexity index is 1990. The predicted octanol–water partition coefficient (Wildman–Crippen LogP) is -4.62. The van der Waals surface area contributed by atoms with Crippen molar-refractivity contribution in [2.75, 3.05) is 125 Å². The maximum atomic E-state index is 13.3. The lowest BCUT2D eigenvalue weighted by atomic mass is 9.87. The van der Waals surface area contributed by atoms with Crippen LogP contribution in [0.15, 0.2) is 33.7 Å². The quantitative estimate of drug-likeness (QED) is 0.0118. The fourth-order valence-electron chi connectivity index (χ4n) is 7.62. The maximum Gasteiger partial charge on any atom is 0.407 e. The smallest absolute Gasteiger partial charge is 0.407 e. The summed E-state index contributed by atoms with van der Waals surface area (Å²) >= 11 is 0. The summed E-state index contributed by atoms with van der Waals surface area (Å²) in [6.07, 6.45) is -7.61. The summed E-state index contributed by atoms with van der Waals surface area (Å²) in [7, 11) is 0. The van der Waals surface area contributed by atoms with E-state index in [9.17, 15) is 59.4 Å². The van der Waals surface area contributed by atoms with E-state index in [4.69, 9.17) is 75.0 Å². The van der Waals surface area contributed by atoms with Crippen molar-refractivity contribution in [1.82, 2.24) is 15.5 Å². The minimum atomic E-state index is -1.84. The normalized spacial score (nSPS) is 20.2. The Hall–Kier alpha value is -6.20. The minimum absolute atomic E-state index is 0.00251. The van der Waals surface area contributed by atoms with Crippen molar-refractivity contribution in [1.29, 1.82) is 0 Å². The Morgan fingerprint density at radius 1 is 0.637 bits per heavy atom. The monoisotopic (exact) mass is 1150 g/mol. The average molecular weight is 1150 g/mol. The molecule has 2 aliphatic heterocycles. The molecule has 3 amide bonds. The second-order valence-electron chi connectivity index (χ2n) is 17.8. The lowest BCUT2D eigenvalue weighted by Crippen LogP contribution is -2.61. The average Bonchev–Trinajstić information content (AvgIpc) is 3.40. The molecule has 32 heteroatoms. The molecular formula is C48H83N9O23. The highest BCUT2D eigenvalue weighted by Gasteiger charge is 2.47. The highest BCUT2D eigenvalue weighted by atomic mass is 16.6. The molecule has 80 heavy (non-hydrogen) atoms. The van der Waals surface area contributed by atoms with Crippen LogP contribution in [0.3, 0.4) is 0 Å². The van der Waals surface area contributed by atoms with Crippen LogP contribution in [0, 0.1) is 5.92 Å². The molecule has 0 bridgehead atoms. The highest BCUT2D eigenvalue weighted by Crippen LogP contribution is 2.31. The number of carboxylic acid groups (broad SMARTS) is 2. The molecule has 0 saturated heterocycles. The zero-order valence-corrected chi connectivity index (χ0v) is 45.5. The first-order chi connectivity index (χ1) is 38.2. The summed E-state index contributed by atoms with van der Waals surface area (Å²) in [4.78, 5) is 84.4. The molecule has 2 rings (SSSR count). The molecule has 32 nitrogen and oxygen atoms in total. The standard InChI is InChI=1S/C48H83N9O23/c1-4-11-70-17-21-75-23-24-76-22-19-72-13-7-37(63)57(9-15-73-14-8-53-48(69)80-42(34(62)28-59)43-39(54-30(3)60)32(56-47(51)52)26-36(78-43)45(67)68)10-16-74-20-18-71-12-5-6-38(64)79-41(33(61)27-58)40-29(2)31(55-46(49)50)25-35(77-40)44(65)66/h25-26,29,31-34,39-43,58-59,61-62H,4-24,27-28H2,1-3H3,(H,53,69)(H,54,60)(H,65,66)(H,67,68)(H4,49,50,55)(H4,51,52,56)/t29-,31+,32+,33-,34-,39-,40-,41-,42-,43-/m1/s1. The molecule has 0 aromatic rings. The Morgan fingerprint density at radius 2 is 1.10 bits per heavy atom. The van der Waals surface area contributed by atoms with Crippen LogP contribution >= 0.6 is 0 Å². The molecule has 2 heterocycles. The van der Waals surface area contributed by atoms with Gasteiger partial charge in [0.25, 0.3) is 0 Å². The Balaban J connectivity index is 1.91. The lowest BCUT2D eigenvalue weighted by molar-refractivity contribution is -0.176. The number of carbonyl (C=O) groups excluding carboxylic acids is 4. The molecule has 0 saturated carbocycles. The van der Waals surface area contributed by atoms with Crippen LogP contribution in [0.4, 0.5) is 4.79 Å². The van der Waals surface area contributed by atoms with Gasteiger partial charge >= 0.3 is 24.0 Å². The van der Waals surface area contributed by atoms with Crippen LogP contribution in [0.25, 0.3) is 0 Å². The van der Waals surface area contributed by atoms with Gasteiger partial charge in [0.1, 0.15) is 18.3 Å². The molecule has 0 aliphatic carbocycles. The van der Waals surface area contributed by atoms with Crippen molar-refractivity contribution in [3.63, 3.8) is 0 Å². The fourth-order valence-corrected chi connectivity index (χ4v) is 7.62. The number of carboxylic acids is 2. The van der Waals surface area contributed by atoms with Gasteiger partial charge in [-0.05, 0) is 25.0 Å². The number of nitrogens with zero attached hydrogens (tertiary/aromatic N) is 3. The van der Waals surface area contributed by atoms with Crippen molar-refractivity contribution in [2.45, 2.75) is 101 Å². The first kappa shape index (κ1) is 69.9. The van der Waals surface area contributed by atoms with Crippen LogP contribution in [0.1, 0.15) is 46.5 Å². The van der Waals surface area contributed by atoms with E-state index in [1.807, 2.05) is 6.92 Å². The Kier molecular flexibility index (Phi) is 35.0. The number of aliphatic hydroxyl groups is 4. The van der Waals surface area contributed by atoms with Gasteiger partial charge in [0.15, 0.2) is 30.2 Å². The number of nitrogens with two attached hydrogens (primary N) is 4. The summed E-state index contributed by atoms with van der Waals surface area (Å²) in [5.41, 5.74) is 22.1. The van der Waals surface area contributed by atoms with Gasteiger partial charge < -0.3 is 121 Å². The van der Waals surface area contributed by atoms with Crippen LogP contribution in [0.2, 0.25) is 0 Å². The second kappa shape index (κ2) is 40.1. The summed E-state index contributed by atoms with van der Waals surface area (Å²) in [5, 5.41) is 64.9. The van der Waals surface area contributed by atoms with Crippen LogP contribution in [-0.4, -0.2) is 263 Å². The van der Waals surface area contributed by atoms with Gasteiger partial charge in [-0.25, -0.2) is 24.4 Å². The molecule has 0 fully saturated rings. The van der Waals surface area contributed by atoms with E-state index in [1.54, 1.807) is 6.92 Å². The summed E-state index contributed by atoms with van der Waals surface area (Å²) in [6.45, 7) is 6.26.